The molecule has 46 heavy (non-hydrogen) atoms. The molecule has 0 spiro atoms. The van der Waals surface area contributed by atoms with Crippen molar-refractivity contribution in [3.63, 3.8) is 0 Å². The average molecular weight is 635 g/mol. The van der Waals surface area contributed by atoms with E-state index in [1.807, 2.05) is 6.08 Å². The molecule has 8 nitrogen and oxygen atoms in total. The van der Waals surface area contributed by atoms with Crippen LogP contribution in [-0.4, -0.2) is 29.0 Å². The highest BCUT2D eigenvalue weighted by molar-refractivity contribution is 5.97. The number of allylic oxidation sites excluding steroid dienone is 2. The summed E-state index contributed by atoms with van der Waals surface area (Å²) in [6.45, 7) is 17.6. The molecule has 0 saturated heterocycles. The number of ether oxygens (including phenoxy) is 1. The zero-order valence-corrected chi connectivity index (χ0v) is 29.0. The third kappa shape index (κ3) is 4.75. The van der Waals surface area contributed by atoms with Gasteiger partial charge in [-0.3, -0.25) is 14.4 Å². The third-order valence-electron chi connectivity index (χ3n) is 14.8. The highest BCUT2D eigenvalue weighted by Crippen LogP contribution is 2.75. The van der Waals surface area contributed by atoms with E-state index < -0.39 is 10.6 Å². The molecule has 0 radical (unpaired) electrons. The molecule has 6 rings (SSSR count). The summed E-state index contributed by atoms with van der Waals surface area (Å²) in [5.74, 6) is 0.291. The number of hydrogen-bond acceptors (Lipinski definition) is 6. The topological polar surface area (TPSA) is 120 Å². The fraction of sp³-hybridized carbons (Fsp3) is 0.711. The van der Waals surface area contributed by atoms with E-state index in [1.165, 1.54) is 24.6 Å². The molecule has 5 aliphatic rings. The Morgan fingerprint density at radius 2 is 1.59 bits per heavy atom. The van der Waals surface area contributed by atoms with E-state index in [4.69, 9.17) is 4.74 Å². The summed E-state index contributed by atoms with van der Waals surface area (Å²) in [7, 11) is 0. The molecule has 1 aromatic carbocycles. The third-order valence-corrected chi connectivity index (χ3v) is 14.8. The molecular weight excluding hydrogens is 580 g/mol. The maximum Gasteiger partial charge on any atom is 0.302 e. The first-order chi connectivity index (χ1) is 21.3. The first kappa shape index (κ1) is 33.4. The summed E-state index contributed by atoms with van der Waals surface area (Å²) < 4.78 is 5.86. The van der Waals surface area contributed by atoms with Crippen LogP contribution in [0.3, 0.4) is 0 Å². The lowest BCUT2D eigenvalue weighted by Crippen LogP contribution is -2.99. The molecule has 10 atom stereocenters. The van der Waals surface area contributed by atoms with E-state index in [9.17, 15) is 24.8 Å². The van der Waals surface area contributed by atoms with Gasteiger partial charge in [-0.05, 0) is 109 Å². The van der Waals surface area contributed by atoms with Crippen LogP contribution < -0.4 is 10.5 Å². The zero-order chi connectivity index (χ0) is 33.7. The van der Waals surface area contributed by atoms with Crippen molar-refractivity contribution in [2.24, 2.45) is 50.2 Å². The lowest BCUT2D eigenvalue weighted by Gasteiger charge is -2.70. The molecule has 0 aliphatic heterocycles. The van der Waals surface area contributed by atoms with Crippen molar-refractivity contribution in [1.29, 1.82) is 0 Å². The van der Waals surface area contributed by atoms with Crippen LogP contribution in [0.1, 0.15) is 113 Å². The standard InChI is InChI=1S/C38H54N2O6/c1-23(41)46-30-14-15-36(6)29(33(30,2)3)13-16-38(8)31(36)28(42)21-26-27-22-35(5,18-17-34(27,4)19-20-37(26,38)7)32(43)39-24-9-11-25(12-10-24)40(44)45/h9-12,21,27,29-31,40,44H,13-20,22H2,1-8H3,(H,39,43)/t27-,29-,30-,31-,34-,35+,36+,37+,38-/m1/s1. The van der Waals surface area contributed by atoms with Crippen molar-refractivity contribution in [3.05, 3.63) is 41.1 Å². The normalized spacial score (nSPS) is 43.5. The number of ketones is 1. The Bertz CT molecular complexity index is 1470. The van der Waals surface area contributed by atoms with Gasteiger partial charge in [0, 0.05) is 41.5 Å². The first-order valence-electron chi connectivity index (χ1n) is 17.4. The van der Waals surface area contributed by atoms with Gasteiger partial charge in [0.25, 0.3) is 0 Å². The maximum absolute atomic E-state index is 14.7. The van der Waals surface area contributed by atoms with Crippen LogP contribution in [0.15, 0.2) is 35.9 Å². The fourth-order valence-electron chi connectivity index (χ4n) is 11.8. The number of nitrogens with one attached hydrogen (secondary N) is 2. The summed E-state index contributed by atoms with van der Waals surface area (Å²) in [5.41, 5.74) is 0.705. The smallest absolute Gasteiger partial charge is 0.302 e. The number of benzene rings is 1. The second kappa shape index (κ2) is 10.7. The fourth-order valence-corrected chi connectivity index (χ4v) is 11.8. The minimum atomic E-state index is -0.996. The number of quaternary nitrogens is 1. The predicted molar refractivity (Wildman–Crippen MR) is 176 cm³/mol. The Balaban J connectivity index is 1.32. The lowest BCUT2D eigenvalue weighted by molar-refractivity contribution is -0.991. The Morgan fingerprint density at radius 3 is 2.22 bits per heavy atom. The minimum absolute atomic E-state index is 0.0307. The van der Waals surface area contributed by atoms with E-state index in [1.54, 1.807) is 12.1 Å². The highest BCUT2D eigenvalue weighted by Gasteiger charge is 2.70. The molecule has 4 saturated carbocycles. The van der Waals surface area contributed by atoms with Gasteiger partial charge < -0.3 is 15.3 Å². The van der Waals surface area contributed by atoms with Crippen molar-refractivity contribution >= 4 is 29.0 Å². The Kier molecular flexibility index (Phi) is 7.78. The molecule has 0 bridgehead atoms. The first-order valence-corrected chi connectivity index (χ1v) is 17.4. The summed E-state index contributed by atoms with van der Waals surface area (Å²) >= 11 is 0. The van der Waals surface area contributed by atoms with Gasteiger partial charge in [0.05, 0.1) is 0 Å². The van der Waals surface area contributed by atoms with Gasteiger partial charge in [0.1, 0.15) is 6.10 Å². The molecule has 8 heteroatoms. The summed E-state index contributed by atoms with van der Waals surface area (Å²) in [5, 5.41) is 22.6. The van der Waals surface area contributed by atoms with Gasteiger partial charge >= 0.3 is 5.97 Å². The van der Waals surface area contributed by atoms with E-state index in [0.717, 1.165) is 51.4 Å². The number of rotatable bonds is 4. The summed E-state index contributed by atoms with van der Waals surface area (Å²) in [6.07, 6.45) is 10.0. The van der Waals surface area contributed by atoms with Crippen molar-refractivity contribution in [2.75, 3.05) is 5.32 Å². The van der Waals surface area contributed by atoms with Crippen LogP contribution in [0, 0.1) is 55.5 Å². The Labute approximate surface area is 274 Å². The Morgan fingerprint density at radius 1 is 0.935 bits per heavy atom. The predicted octanol–water partition coefficient (Wildman–Crippen LogP) is 6.94. The maximum atomic E-state index is 14.7. The van der Waals surface area contributed by atoms with E-state index in [0.29, 0.717) is 12.1 Å². The molecule has 1 aromatic rings. The molecule has 3 N–H and O–H groups in total. The molecule has 1 amide bonds. The molecule has 252 valence electrons. The van der Waals surface area contributed by atoms with Crippen molar-refractivity contribution in [3.8, 4) is 0 Å². The van der Waals surface area contributed by atoms with Gasteiger partial charge in [-0.2, -0.15) is 5.23 Å². The van der Waals surface area contributed by atoms with E-state index in [-0.39, 0.29) is 74.3 Å². The van der Waals surface area contributed by atoms with Crippen LogP contribution in [-0.2, 0) is 19.1 Å². The molecular formula is C38H54N2O6. The lowest BCUT2D eigenvalue weighted by atomic mass is 9.33. The number of carbonyl (C=O) groups excluding carboxylic acids is 3. The molecule has 4 fully saturated rings. The zero-order valence-electron chi connectivity index (χ0n) is 29.0. The number of carbonyl (C=O) groups is 3. The summed E-state index contributed by atoms with van der Waals surface area (Å²) in [4.78, 5) is 40.6. The SMILES string of the molecule is CC(=O)O[C@@H]1CC[C@@]2(C)[C@H](CC[C@]3(C)[C@@H]2C(=O)C=C2[C@H]4C[C@@](C)(C(=O)Nc5ccc([NH+]([O-])O)cc5)CC[C@]4(C)CC[C@@]23C)C1(C)C. The number of hydrogen-bond donors (Lipinski definition) is 3. The number of anilines is 1. The molecule has 1 unspecified atom stereocenters. The Hall–Kier alpha value is -2.55. The number of esters is 1. The van der Waals surface area contributed by atoms with Gasteiger partial charge in [0.2, 0.25) is 5.91 Å². The molecule has 0 aromatic heterocycles. The quantitative estimate of drug-likeness (QED) is 0.244. The van der Waals surface area contributed by atoms with E-state index >= 15 is 0 Å². The van der Waals surface area contributed by atoms with E-state index in [2.05, 4.69) is 53.8 Å². The summed E-state index contributed by atoms with van der Waals surface area (Å²) in [6, 6.07) is 6.33. The van der Waals surface area contributed by atoms with Gasteiger partial charge in [-0.15, -0.1) is 0 Å². The largest absolute Gasteiger partial charge is 0.595 e. The monoisotopic (exact) mass is 634 g/mol. The van der Waals surface area contributed by atoms with Crippen molar-refractivity contribution < 1.29 is 29.6 Å². The second-order valence-electron chi connectivity index (χ2n) is 17.5. The van der Waals surface area contributed by atoms with Crippen molar-refractivity contribution in [2.45, 2.75) is 119 Å². The number of amides is 1. The second-order valence-corrected chi connectivity index (χ2v) is 17.5. The average Bonchev–Trinajstić information content (AvgIpc) is 2.96. The number of fused-ring (bicyclic) bond motifs is 7. The minimum Gasteiger partial charge on any atom is -0.595 e. The van der Waals surface area contributed by atoms with Crippen LogP contribution >= 0.6 is 0 Å². The molecule has 5 aliphatic carbocycles. The molecule has 0 heterocycles. The van der Waals surface area contributed by atoms with Crippen LogP contribution in [0.25, 0.3) is 0 Å². The van der Waals surface area contributed by atoms with Crippen LogP contribution in [0.2, 0.25) is 0 Å². The highest BCUT2D eigenvalue weighted by atomic mass is 16.8. The van der Waals surface area contributed by atoms with Gasteiger partial charge in [0.15, 0.2) is 11.5 Å². The van der Waals surface area contributed by atoms with Crippen molar-refractivity contribution in [1.82, 2.24) is 0 Å². The van der Waals surface area contributed by atoms with Gasteiger partial charge in [-0.25, -0.2) is 5.21 Å². The van der Waals surface area contributed by atoms with Crippen LogP contribution in [0.4, 0.5) is 11.4 Å². The van der Waals surface area contributed by atoms with Crippen LogP contribution in [0.5, 0.6) is 0 Å². The van der Waals surface area contributed by atoms with Gasteiger partial charge in [-0.1, -0.05) is 54.0 Å².